The van der Waals surface area contributed by atoms with Crippen molar-refractivity contribution in [3.8, 4) is 0 Å². The van der Waals surface area contributed by atoms with Gasteiger partial charge in [0.05, 0.1) is 6.54 Å². The lowest BCUT2D eigenvalue weighted by Crippen LogP contribution is -2.30. The predicted octanol–water partition coefficient (Wildman–Crippen LogP) is 5.45. The highest BCUT2D eigenvalue weighted by Crippen LogP contribution is 2.27. The Morgan fingerprint density at radius 1 is 0.913 bits per heavy atom. The molecule has 1 N–H and O–H groups in total. The van der Waals surface area contributed by atoms with Gasteiger partial charge in [-0.05, 0) is 43.6 Å². The van der Waals surface area contributed by atoms with E-state index in [4.69, 9.17) is 11.6 Å². The highest BCUT2D eigenvalue weighted by Gasteiger charge is 2.10. The summed E-state index contributed by atoms with van der Waals surface area (Å²) in [5, 5.41) is 0. The summed E-state index contributed by atoms with van der Waals surface area (Å²) >= 11 is 5.89. The Labute approximate surface area is 145 Å². The monoisotopic (exact) mass is 333 g/mol. The first-order chi connectivity index (χ1) is 11.4. The van der Waals surface area contributed by atoms with Gasteiger partial charge in [-0.3, -0.25) is 4.98 Å². The first-order valence-electron chi connectivity index (χ1n) is 9.03. The summed E-state index contributed by atoms with van der Waals surface area (Å²) in [5.41, 5.74) is 1.49. The molecule has 1 aromatic carbocycles. The highest BCUT2D eigenvalue weighted by atomic mass is 35.5. The van der Waals surface area contributed by atoms with E-state index in [1.807, 2.05) is 12.5 Å². The number of nitrogens with zero attached hydrogens (tertiary/aromatic N) is 1. The number of nitrogens with one attached hydrogen (secondary N) is 1. The number of aromatic nitrogens is 2. The van der Waals surface area contributed by atoms with Crippen LogP contribution in [0.1, 0.15) is 62.8 Å². The molecule has 1 aromatic heterocycles. The largest absolute Gasteiger partial charge is 0.250 e. The molecule has 126 valence electrons. The SMILES string of the molecule is ClCCCC(CCCCCCC[n+]1cc[nH]c1)c1ccccc1. The Hall–Kier alpha value is -1.28. The average Bonchev–Trinajstić information content (AvgIpc) is 3.11. The molecule has 0 aliphatic rings. The number of hydrogen-bond acceptors (Lipinski definition) is 0. The van der Waals surface area contributed by atoms with Crippen LogP contribution in [-0.4, -0.2) is 10.9 Å². The second-order valence-electron chi connectivity index (χ2n) is 6.34. The quantitative estimate of drug-likeness (QED) is 0.303. The van der Waals surface area contributed by atoms with Crippen LogP contribution in [0.5, 0.6) is 0 Å². The number of rotatable bonds is 12. The van der Waals surface area contributed by atoms with E-state index in [0.717, 1.165) is 18.8 Å². The zero-order valence-electron chi connectivity index (χ0n) is 14.1. The van der Waals surface area contributed by atoms with Crippen LogP contribution < -0.4 is 4.57 Å². The van der Waals surface area contributed by atoms with Gasteiger partial charge < -0.3 is 0 Å². The van der Waals surface area contributed by atoms with Crippen LogP contribution in [0.3, 0.4) is 0 Å². The van der Waals surface area contributed by atoms with E-state index in [2.05, 4.69) is 46.1 Å². The van der Waals surface area contributed by atoms with E-state index in [1.54, 1.807) is 0 Å². The third-order valence-corrected chi connectivity index (χ3v) is 4.80. The van der Waals surface area contributed by atoms with E-state index >= 15 is 0 Å². The smallest absolute Gasteiger partial charge is 0.241 e. The third kappa shape index (κ3) is 7.22. The molecule has 1 unspecified atom stereocenters. The number of H-pyrrole nitrogens is 1. The van der Waals surface area contributed by atoms with Crippen molar-refractivity contribution in [3.63, 3.8) is 0 Å². The van der Waals surface area contributed by atoms with Crippen LogP contribution in [-0.2, 0) is 6.54 Å². The molecular weight excluding hydrogens is 304 g/mol. The van der Waals surface area contributed by atoms with Crippen LogP contribution in [0.4, 0.5) is 0 Å². The standard InChI is InChI=1S/C20H29ClN2/c21-14-9-13-20(19-11-6-4-7-12-19)10-5-2-1-3-8-16-23-17-15-22-18-23/h4,6-7,11-12,15,17-18,20H,1-3,5,8-10,13-14,16H2/p+1. The molecule has 0 radical (unpaired) electrons. The summed E-state index contributed by atoms with van der Waals surface area (Å²) in [4.78, 5) is 3.09. The van der Waals surface area contributed by atoms with Crippen molar-refractivity contribution in [1.29, 1.82) is 0 Å². The lowest BCUT2D eigenvalue weighted by Gasteiger charge is -2.17. The molecule has 1 heterocycles. The summed E-state index contributed by atoms with van der Waals surface area (Å²) in [6.45, 7) is 1.13. The Morgan fingerprint density at radius 3 is 2.39 bits per heavy atom. The summed E-state index contributed by atoms with van der Waals surface area (Å²) in [7, 11) is 0. The molecule has 0 fully saturated rings. The molecule has 0 amide bonds. The van der Waals surface area contributed by atoms with Gasteiger partial charge >= 0.3 is 0 Å². The lowest BCUT2D eigenvalue weighted by molar-refractivity contribution is -0.696. The Kier molecular flexibility index (Phi) is 8.86. The summed E-state index contributed by atoms with van der Waals surface area (Å²) in [6.07, 6.45) is 16.4. The maximum atomic E-state index is 5.89. The van der Waals surface area contributed by atoms with Crippen molar-refractivity contribution in [2.45, 2.75) is 63.8 Å². The Balaban J connectivity index is 1.60. The van der Waals surface area contributed by atoms with E-state index in [1.165, 1.54) is 50.5 Å². The first-order valence-corrected chi connectivity index (χ1v) is 9.56. The van der Waals surface area contributed by atoms with Gasteiger partial charge in [0.25, 0.3) is 0 Å². The second-order valence-corrected chi connectivity index (χ2v) is 6.72. The van der Waals surface area contributed by atoms with E-state index in [9.17, 15) is 0 Å². The van der Waals surface area contributed by atoms with Crippen LogP contribution in [0.25, 0.3) is 0 Å². The van der Waals surface area contributed by atoms with Crippen molar-refractivity contribution in [2.24, 2.45) is 0 Å². The van der Waals surface area contributed by atoms with Gasteiger partial charge in [-0.25, -0.2) is 4.57 Å². The summed E-state index contributed by atoms with van der Waals surface area (Å²) < 4.78 is 2.22. The minimum Gasteiger partial charge on any atom is -0.250 e. The van der Waals surface area contributed by atoms with Crippen LogP contribution >= 0.6 is 11.6 Å². The molecule has 2 nitrogen and oxygen atoms in total. The fourth-order valence-electron chi connectivity index (χ4n) is 3.20. The topological polar surface area (TPSA) is 19.7 Å². The zero-order chi connectivity index (χ0) is 16.2. The van der Waals surface area contributed by atoms with Gasteiger partial charge in [-0.15, -0.1) is 11.6 Å². The first kappa shape index (κ1) is 18.1. The number of aromatic amines is 1. The molecule has 3 heteroatoms. The summed E-state index contributed by atoms with van der Waals surface area (Å²) in [6, 6.07) is 11.0. The van der Waals surface area contributed by atoms with Crippen molar-refractivity contribution >= 4 is 11.6 Å². The van der Waals surface area contributed by atoms with Gasteiger partial charge in [0, 0.05) is 5.88 Å². The maximum absolute atomic E-state index is 5.89. The molecule has 0 saturated heterocycles. The molecule has 2 aromatic rings. The normalized spacial score (nSPS) is 12.4. The zero-order valence-corrected chi connectivity index (χ0v) is 14.8. The fourth-order valence-corrected chi connectivity index (χ4v) is 3.36. The average molecular weight is 334 g/mol. The molecule has 0 bridgehead atoms. The van der Waals surface area contributed by atoms with Crippen molar-refractivity contribution in [2.75, 3.05) is 5.88 Å². The van der Waals surface area contributed by atoms with Crippen LogP contribution in [0, 0.1) is 0 Å². The second kappa shape index (κ2) is 11.3. The number of unbranched alkanes of at least 4 members (excludes halogenated alkanes) is 4. The molecule has 0 aliphatic carbocycles. The van der Waals surface area contributed by atoms with Crippen LogP contribution in [0.15, 0.2) is 49.1 Å². The van der Waals surface area contributed by atoms with E-state index < -0.39 is 0 Å². The molecular formula is C20H30ClN2+. The molecule has 23 heavy (non-hydrogen) atoms. The van der Waals surface area contributed by atoms with Gasteiger partial charge in [0.15, 0.2) is 0 Å². The lowest BCUT2D eigenvalue weighted by atomic mass is 9.89. The van der Waals surface area contributed by atoms with Gasteiger partial charge in [-0.2, -0.15) is 0 Å². The third-order valence-electron chi connectivity index (χ3n) is 4.53. The molecule has 2 rings (SSSR count). The highest BCUT2D eigenvalue weighted by molar-refractivity contribution is 6.17. The van der Waals surface area contributed by atoms with E-state index in [-0.39, 0.29) is 0 Å². The fraction of sp³-hybridized carbons (Fsp3) is 0.550. The molecule has 0 spiro atoms. The number of halogens is 1. The van der Waals surface area contributed by atoms with Crippen LogP contribution in [0.2, 0.25) is 0 Å². The van der Waals surface area contributed by atoms with Crippen molar-refractivity contribution in [3.05, 3.63) is 54.6 Å². The summed E-state index contributed by atoms with van der Waals surface area (Å²) in [5.74, 6) is 1.46. The number of aryl methyl sites for hydroxylation is 1. The van der Waals surface area contributed by atoms with Gasteiger partial charge in [0.2, 0.25) is 6.33 Å². The number of imidazole rings is 1. The Bertz CT molecular complexity index is 496. The molecule has 0 aliphatic heterocycles. The van der Waals surface area contributed by atoms with Crippen molar-refractivity contribution < 1.29 is 4.57 Å². The van der Waals surface area contributed by atoms with E-state index in [0.29, 0.717) is 5.92 Å². The number of hydrogen-bond donors (Lipinski definition) is 1. The minimum atomic E-state index is 0.686. The number of benzene rings is 1. The minimum absolute atomic E-state index is 0.686. The number of alkyl halides is 1. The maximum Gasteiger partial charge on any atom is 0.241 e. The molecule has 0 saturated carbocycles. The van der Waals surface area contributed by atoms with Crippen molar-refractivity contribution in [1.82, 2.24) is 4.98 Å². The van der Waals surface area contributed by atoms with Gasteiger partial charge in [-0.1, -0.05) is 49.6 Å². The molecule has 1 atom stereocenters. The van der Waals surface area contributed by atoms with Gasteiger partial charge in [0.1, 0.15) is 12.4 Å². The predicted molar refractivity (Wildman–Crippen MR) is 97.8 cm³/mol. The Morgan fingerprint density at radius 2 is 1.65 bits per heavy atom.